The minimum Gasteiger partial charge on any atom is -0.390 e. The van der Waals surface area contributed by atoms with Crippen LogP contribution in [-0.4, -0.2) is 62.9 Å². The molecule has 2 amide bonds. The second kappa shape index (κ2) is 15.3. The number of aliphatic hydroxyl groups is 1. The van der Waals surface area contributed by atoms with Gasteiger partial charge in [-0.3, -0.25) is 14.3 Å². The number of aliphatic hydroxyl groups excluding tert-OH is 1. The molecule has 3 aromatic rings. The molecule has 0 spiro atoms. The topological polar surface area (TPSA) is 99.5 Å². The number of carbonyl (C=O) groups is 2. The molecule has 0 aliphatic carbocycles. The van der Waals surface area contributed by atoms with E-state index in [0.29, 0.717) is 30.8 Å². The molecular formula is C33H42F3N5O3. The molecule has 2 heterocycles. The first-order valence-electron chi connectivity index (χ1n) is 15.4. The van der Waals surface area contributed by atoms with Crippen LogP contribution in [0, 0.1) is 0 Å². The van der Waals surface area contributed by atoms with Gasteiger partial charge in [0.25, 0.3) is 11.8 Å². The number of likely N-dealkylation sites (tertiary alicyclic amines) is 1. The van der Waals surface area contributed by atoms with E-state index in [1.165, 1.54) is 12.1 Å². The van der Waals surface area contributed by atoms with Gasteiger partial charge in [0.15, 0.2) is 5.69 Å². The largest absolute Gasteiger partial charge is 0.416 e. The number of nitrogens with zero attached hydrogens (tertiary/aromatic N) is 3. The lowest BCUT2D eigenvalue weighted by atomic mass is 9.98. The summed E-state index contributed by atoms with van der Waals surface area (Å²) in [5, 5.41) is 21.5. The van der Waals surface area contributed by atoms with Crippen LogP contribution in [0.4, 0.5) is 13.2 Å². The van der Waals surface area contributed by atoms with Gasteiger partial charge in [-0.2, -0.15) is 18.3 Å². The third-order valence-electron chi connectivity index (χ3n) is 8.06. The molecule has 3 N–H and O–H groups in total. The molecule has 3 atom stereocenters. The van der Waals surface area contributed by atoms with Crippen LogP contribution < -0.4 is 10.6 Å². The van der Waals surface area contributed by atoms with Crippen molar-refractivity contribution in [2.75, 3.05) is 13.1 Å². The number of benzene rings is 2. The molecule has 44 heavy (non-hydrogen) atoms. The van der Waals surface area contributed by atoms with Gasteiger partial charge in [0, 0.05) is 38.3 Å². The molecule has 1 aromatic heterocycles. The van der Waals surface area contributed by atoms with Gasteiger partial charge in [-0.1, -0.05) is 61.9 Å². The van der Waals surface area contributed by atoms with E-state index in [1.807, 2.05) is 42.2 Å². The molecule has 1 saturated heterocycles. The number of alkyl halides is 3. The predicted octanol–water partition coefficient (Wildman–Crippen LogP) is 5.21. The predicted molar refractivity (Wildman–Crippen MR) is 162 cm³/mol. The van der Waals surface area contributed by atoms with Crippen molar-refractivity contribution >= 4 is 11.8 Å². The number of rotatable bonds is 13. The van der Waals surface area contributed by atoms with E-state index in [1.54, 1.807) is 10.7 Å². The Bertz CT molecular complexity index is 1380. The van der Waals surface area contributed by atoms with Crippen molar-refractivity contribution in [2.45, 2.75) is 89.8 Å². The van der Waals surface area contributed by atoms with Crippen LogP contribution in [0.2, 0.25) is 0 Å². The van der Waals surface area contributed by atoms with E-state index < -0.39 is 29.8 Å². The van der Waals surface area contributed by atoms with E-state index in [2.05, 4.69) is 22.7 Å². The molecule has 4 rings (SSSR count). The van der Waals surface area contributed by atoms with Crippen LogP contribution in [0.25, 0.3) is 0 Å². The zero-order valence-corrected chi connectivity index (χ0v) is 25.3. The molecular weight excluding hydrogens is 571 g/mol. The third kappa shape index (κ3) is 8.69. The van der Waals surface area contributed by atoms with Crippen molar-refractivity contribution in [3.05, 3.63) is 88.7 Å². The minimum atomic E-state index is -4.44. The number of halogens is 3. The first-order chi connectivity index (χ1) is 21.1. The molecule has 1 aliphatic rings. The molecule has 8 nitrogen and oxygen atoms in total. The van der Waals surface area contributed by atoms with Crippen molar-refractivity contribution in [2.24, 2.45) is 0 Å². The fraction of sp³-hybridized carbons (Fsp3) is 0.485. The molecule has 2 aromatic carbocycles. The Hall–Kier alpha value is -3.70. The zero-order valence-electron chi connectivity index (χ0n) is 25.3. The van der Waals surface area contributed by atoms with E-state index in [4.69, 9.17) is 0 Å². The average Bonchev–Trinajstić information content (AvgIpc) is 3.46. The zero-order chi connectivity index (χ0) is 31.7. The Morgan fingerprint density at radius 2 is 1.80 bits per heavy atom. The van der Waals surface area contributed by atoms with Crippen LogP contribution in [0.1, 0.15) is 83.6 Å². The van der Waals surface area contributed by atoms with E-state index >= 15 is 0 Å². The first kappa shape index (κ1) is 33.2. The monoisotopic (exact) mass is 613 g/mol. The Morgan fingerprint density at radius 3 is 2.50 bits per heavy atom. The molecule has 0 unspecified atom stereocenters. The lowest BCUT2D eigenvalue weighted by Gasteiger charge is -2.35. The van der Waals surface area contributed by atoms with Gasteiger partial charge in [0.1, 0.15) is 5.69 Å². The van der Waals surface area contributed by atoms with Crippen molar-refractivity contribution in [3.8, 4) is 0 Å². The Balaban J connectivity index is 1.47. The van der Waals surface area contributed by atoms with Gasteiger partial charge in [0.2, 0.25) is 0 Å². The molecule has 0 saturated carbocycles. The maximum Gasteiger partial charge on any atom is 0.416 e. The maximum atomic E-state index is 13.6. The maximum absolute atomic E-state index is 13.6. The van der Waals surface area contributed by atoms with Gasteiger partial charge >= 0.3 is 6.18 Å². The van der Waals surface area contributed by atoms with Crippen LogP contribution in [0.15, 0.2) is 60.7 Å². The molecule has 0 radical (unpaired) electrons. The highest BCUT2D eigenvalue weighted by Crippen LogP contribution is 2.29. The van der Waals surface area contributed by atoms with Crippen molar-refractivity contribution in [1.82, 2.24) is 25.3 Å². The third-order valence-corrected chi connectivity index (χ3v) is 8.06. The highest BCUT2D eigenvalue weighted by molar-refractivity contribution is 5.98. The fourth-order valence-corrected chi connectivity index (χ4v) is 5.75. The Kier molecular flexibility index (Phi) is 11.6. The van der Waals surface area contributed by atoms with Crippen LogP contribution in [0.3, 0.4) is 0 Å². The second-order valence-corrected chi connectivity index (χ2v) is 11.3. The van der Waals surface area contributed by atoms with Gasteiger partial charge < -0.3 is 20.6 Å². The molecule has 11 heteroatoms. The van der Waals surface area contributed by atoms with Crippen LogP contribution in [0.5, 0.6) is 0 Å². The number of aryl methyl sites for hydroxylation is 1. The molecule has 1 aliphatic heterocycles. The minimum absolute atomic E-state index is 0.0228. The average molecular weight is 614 g/mol. The summed E-state index contributed by atoms with van der Waals surface area (Å²) in [7, 11) is 0. The van der Waals surface area contributed by atoms with E-state index in [-0.39, 0.29) is 30.7 Å². The van der Waals surface area contributed by atoms with Gasteiger partial charge in [0.05, 0.1) is 17.7 Å². The number of carbonyl (C=O) groups excluding carboxylic acids is 2. The second-order valence-electron chi connectivity index (χ2n) is 11.3. The number of aromatic nitrogens is 2. The molecule has 238 valence electrons. The van der Waals surface area contributed by atoms with Crippen molar-refractivity contribution in [3.63, 3.8) is 0 Å². The van der Waals surface area contributed by atoms with Gasteiger partial charge in [-0.05, 0) is 56.2 Å². The summed E-state index contributed by atoms with van der Waals surface area (Å²) in [6.45, 7) is 5.19. The SMILES string of the molecule is CCC[C@@H]1CCCCN1C(=O)c1cc(C(=O)N[C@@H](Cc2ccccc2)[C@@H](O)CNCc2cccc(C(F)(F)F)c2)nn1CC. The number of hydrogen-bond donors (Lipinski definition) is 3. The summed E-state index contributed by atoms with van der Waals surface area (Å²) >= 11 is 0. The summed E-state index contributed by atoms with van der Waals surface area (Å²) in [6.07, 6.45) is -0.284. The van der Waals surface area contributed by atoms with Crippen LogP contribution in [-0.2, 0) is 25.7 Å². The lowest BCUT2D eigenvalue weighted by Crippen LogP contribution is -2.48. The first-order valence-corrected chi connectivity index (χ1v) is 15.4. The lowest BCUT2D eigenvalue weighted by molar-refractivity contribution is -0.137. The van der Waals surface area contributed by atoms with Crippen molar-refractivity contribution in [1.29, 1.82) is 0 Å². The number of hydrogen-bond acceptors (Lipinski definition) is 5. The summed E-state index contributed by atoms with van der Waals surface area (Å²) in [5.41, 5.74) is 1.02. The number of nitrogens with one attached hydrogen (secondary N) is 2. The number of amides is 2. The summed E-state index contributed by atoms with van der Waals surface area (Å²) < 4.78 is 40.9. The number of piperidine rings is 1. The molecule has 0 bridgehead atoms. The molecule has 1 fully saturated rings. The van der Waals surface area contributed by atoms with E-state index in [0.717, 1.165) is 49.8 Å². The Labute approximate surface area is 256 Å². The summed E-state index contributed by atoms with van der Waals surface area (Å²) in [5.74, 6) is -0.649. The fourth-order valence-electron chi connectivity index (χ4n) is 5.75. The Morgan fingerprint density at radius 1 is 1.05 bits per heavy atom. The van der Waals surface area contributed by atoms with Gasteiger partial charge in [-0.15, -0.1) is 0 Å². The normalized spacial score (nSPS) is 16.9. The smallest absolute Gasteiger partial charge is 0.390 e. The quantitative estimate of drug-likeness (QED) is 0.246. The van der Waals surface area contributed by atoms with Crippen molar-refractivity contribution < 1.29 is 27.9 Å². The highest BCUT2D eigenvalue weighted by Gasteiger charge is 2.32. The van der Waals surface area contributed by atoms with E-state index in [9.17, 15) is 27.9 Å². The summed E-state index contributed by atoms with van der Waals surface area (Å²) in [4.78, 5) is 29.0. The van der Waals surface area contributed by atoms with Gasteiger partial charge in [-0.25, -0.2) is 0 Å². The summed E-state index contributed by atoms with van der Waals surface area (Å²) in [6, 6.07) is 15.3. The standard InChI is InChI=1S/C33H42F3N5O3/c1-3-11-26-16-8-9-17-40(26)32(44)29-20-28(39-41(29)4-2)31(43)38-27(19-23-12-6-5-7-13-23)30(42)22-37-21-24-14-10-15-25(18-24)33(34,35)36/h5-7,10,12-15,18,20,26-27,30,37,42H,3-4,8-9,11,16-17,19,21-22H2,1-2H3,(H,38,43)/t26-,27+,30+/m1/s1. The highest BCUT2D eigenvalue weighted by atomic mass is 19.4. The van der Waals surface area contributed by atoms with Crippen LogP contribution >= 0.6 is 0 Å².